The minimum atomic E-state index is -0.0243. The van der Waals surface area contributed by atoms with Crippen LogP contribution >= 0.6 is 11.3 Å². The number of carbonyl (C=O) groups is 1. The van der Waals surface area contributed by atoms with Gasteiger partial charge in [-0.1, -0.05) is 12.8 Å². The van der Waals surface area contributed by atoms with E-state index in [0.29, 0.717) is 12.6 Å². The Labute approximate surface area is 141 Å². The van der Waals surface area contributed by atoms with Crippen LogP contribution in [-0.4, -0.2) is 27.0 Å². The van der Waals surface area contributed by atoms with Gasteiger partial charge >= 0.3 is 0 Å². The molecule has 2 aromatic heterocycles. The zero-order chi connectivity index (χ0) is 16.4. The van der Waals surface area contributed by atoms with Crippen LogP contribution < -0.4 is 5.32 Å². The van der Waals surface area contributed by atoms with Crippen LogP contribution in [0.4, 0.5) is 0 Å². The van der Waals surface area contributed by atoms with Gasteiger partial charge in [0.25, 0.3) is 5.91 Å². The Balaban J connectivity index is 1.61. The van der Waals surface area contributed by atoms with Gasteiger partial charge in [0, 0.05) is 30.9 Å². The molecule has 3 rings (SSSR count). The number of aromatic nitrogens is 3. The molecule has 1 N–H and O–H groups in total. The van der Waals surface area contributed by atoms with Crippen molar-refractivity contribution in [1.29, 1.82) is 0 Å². The number of rotatable bonds is 5. The summed E-state index contributed by atoms with van der Waals surface area (Å²) in [6.07, 6.45) is 7.83. The maximum atomic E-state index is 12.2. The average molecular weight is 332 g/mol. The first-order valence-electron chi connectivity index (χ1n) is 8.31. The third kappa shape index (κ3) is 3.47. The Hall–Kier alpha value is -1.69. The van der Waals surface area contributed by atoms with E-state index in [1.54, 1.807) is 0 Å². The Bertz CT molecular complexity index is 698. The third-order valence-electron chi connectivity index (χ3n) is 4.49. The van der Waals surface area contributed by atoms with E-state index in [4.69, 9.17) is 0 Å². The van der Waals surface area contributed by atoms with Gasteiger partial charge in [-0.25, -0.2) is 9.97 Å². The summed E-state index contributed by atoms with van der Waals surface area (Å²) in [5.74, 6) is 1.07. The van der Waals surface area contributed by atoms with Gasteiger partial charge in [0.2, 0.25) is 0 Å². The number of aryl methyl sites for hydroxylation is 3. The molecule has 0 aromatic carbocycles. The number of nitrogens with one attached hydrogen (secondary N) is 1. The fourth-order valence-electron chi connectivity index (χ4n) is 3.45. The highest BCUT2D eigenvalue weighted by Crippen LogP contribution is 2.31. The fraction of sp³-hybridized carbons (Fsp3) is 0.588. The topological polar surface area (TPSA) is 59.8 Å². The zero-order valence-corrected chi connectivity index (χ0v) is 14.9. The summed E-state index contributed by atoms with van der Waals surface area (Å²) in [7, 11) is 0. The first-order valence-corrected chi connectivity index (χ1v) is 9.13. The van der Waals surface area contributed by atoms with Gasteiger partial charge in [0.05, 0.1) is 10.7 Å². The number of nitrogens with zero attached hydrogens (tertiary/aromatic N) is 3. The van der Waals surface area contributed by atoms with Crippen molar-refractivity contribution in [3.8, 4) is 0 Å². The summed E-state index contributed by atoms with van der Waals surface area (Å²) in [5.41, 5.74) is 2.04. The molecule has 124 valence electrons. The Morgan fingerprint density at radius 3 is 2.74 bits per heavy atom. The number of carbonyl (C=O) groups excluding carboxylic acids is 1. The van der Waals surface area contributed by atoms with Crippen molar-refractivity contribution < 1.29 is 4.79 Å². The van der Waals surface area contributed by atoms with Gasteiger partial charge in [0.15, 0.2) is 0 Å². The lowest BCUT2D eigenvalue weighted by molar-refractivity contribution is 0.0957. The Morgan fingerprint density at radius 1 is 1.35 bits per heavy atom. The van der Waals surface area contributed by atoms with Crippen molar-refractivity contribution >= 4 is 17.2 Å². The summed E-state index contributed by atoms with van der Waals surface area (Å²) >= 11 is 1.45. The second kappa shape index (κ2) is 6.83. The molecule has 2 aromatic rings. The number of thiazole rings is 1. The van der Waals surface area contributed by atoms with Gasteiger partial charge in [-0.3, -0.25) is 4.79 Å². The molecule has 0 aliphatic heterocycles. The molecule has 0 atom stereocenters. The summed E-state index contributed by atoms with van der Waals surface area (Å²) in [6, 6.07) is 0.592. The highest BCUT2D eigenvalue weighted by atomic mass is 32.1. The molecule has 0 saturated heterocycles. The van der Waals surface area contributed by atoms with Crippen molar-refractivity contribution in [2.45, 2.75) is 58.9 Å². The lowest BCUT2D eigenvalue weighted by Gasteiger charge is -2.17. The maximum absolute atomic E-state index is 12.2. The standard InChI is InChI=1S/C17H24N4OS/c1-11-10-19-15(21(11)14-6-4-5-7-14)8-9-18-17(22)16-12(2)20-13(3)23-16/h10,14H,4-9H2,1-3H3,(H,18,22). The average Bonchev–Trinajstić information content (AvgIpc) is 3.20. The molecule has 0 radical (unpaired) electrons. The van der Waals surface area contributed by atoms with Crippen LogP contribution in [0, 0.1) is 20.8 Å². The highest BCUT2D eigenvalue weighted by molar-refractivity contribution is 7.13. The highest BCUT2D eigenvalue weighted by Gasteiger charge is 2.21. The predicted octanol–water partition coefficient (Wildman–Crippen LogP) is 3.35. The first-order chi connectivity index (χ1) is 11.1. The second-order valence-corrected chi connectivity index (χ2v) is 7.48. The molecule has 1 fully saturated rings. The van der Waals surface area contributed by atoms with Crippen molar-refractivity contribution in [2.24, 2.45) is 0 Å². The lowest BCUT2D eigenvalue weighted by Crippen LogP contribution is -2.26. The molecule has 0 unspecified atom stereocenters. The van der Waals surface area contributed by atoms with Gasteiger partial charge in [-0.15, -0.1) is 11.3 Å². The number of hydrogen-bond acceptors (Lipinski definition) is 4. The van der Waals surface area contributed by atoms with E-state index in [2.05, 4.69) is 26.8 Å². The van der Waals surface area contributed by atoms with Gasteiger partial charge in [-0.2, -0.15) is 0 Å². The summed E-state index contributed by atoms with van der Waals surface area (Å²) < 4.78 is 2.38. The van der Waals surface area contributed by atoms with E-state index in [9.17, 15) is 4.79 Å². The van der Waals surface area contributed by atoms with Gasteiger partial charge in [-0.05, 0) is 33.6 Å². The third-order valence-corrected chi connectivity index (χ3v) is 5.56. The molecule has 1 saturated carbocycles. The SMILES string of the molecule is Cc1nc(C)c(C(=O)NCCc2ncc(C)n2C2CCCC2)s1. The molecule has 5 nitrogen and oxygen atoms in total. The van der Waals surface area contributed by atoms with Crippen LogP contribution in [0.3, 0.4) is 0 Å². The molecular weight excluding hydrogens is 308 g/mol. The van der Waals surface area contributed by atoms with Crippen molar-refractivity contribution in [2.75, 3.05) is 6.54 Å². The number of amides is 1. The van der Waals surface area contributed by atoms with Crippen molar-refractivity contribution in [3.63, 3.8) is 0 Å². The molecule has 6 heteroatoms. The molecule has 0 spiro atoms. The summed E-state index contributed by atoms with van der Waals surface area (Å²) in [6.45, 7) is 6.54. The molecule has 1 aliphatic rings. The van der Waals surface area contributed by atoms with Crippen LogP contribution in [0.15, 0.2) is 6.20 Å². The Kier molecular flexibility index (Phi) is 4.80. The van der Waals surface area contributed by atoms with Crippen LogP contribution in [0.5, 0.6) is 0 Å². The summed E-state index contributed by atoms with van der Waals surface area (Å²) in [5, 5.41) is 3.94. The molecule has 1 amide bonds. The molecular formula is C17H24N4OS. The largest absolute Gasteiger partial charge is 0.351 e. The minimum absolute atomic E-state index is 0.0243. The van der Waals surface area contributed by atoms with E-state index < -0.39 is 0 Å². The fourth-order valence-corrected chi connectivity index (χ4v) is 4.29. The van der Waals surface area contributed by atoms with E-state index >= 15 is 0 Å². The van der Waals surface area contributed by atoms with E-state index in [0.717, 1.165) is 27.8 Å². The minimum Gasteiger partial charge on any atom is -0.351 e. The number of imidazole rings is 1. The first kappa shape index (κ1) is 16.2. The van der Waals surface area contributed by atoms with Crippen LogP contribution in [0.1, 0.15) is 63.6 Å². The Morgan fingerprint density at radius 2 is 2.09 bits per heavy atom. The normalized spacial score (nSPS) is 15.3. The van der Waals surface area contributed by atoms with Crippen LogP contribution in [-0.2, 0) is 6.42 Å². The van der Waals surface area contributed by atoms with E-state index in [1.165, 1.54) is 42.7 Å². The molecule has 1 aliphatic carbocycles. The maximum Gasteiger partial charge on any atom is 0.263 e. The number of hydrogen-bond donors (Lipinski definition) is 1. The van der Waals surface area contributed by atoms with Gasteiger partial charge in [0.1, 0.15) is 10.7 Å². The van der Waals surface area contributed by atoms with E-state index in [-0.39, 0.29) is 5.91 Å². The van der Waals surface area contributed by atoms with Crippen molar-refractivity contribution in [1.82, 2.24) is 19.9 Å². The van der Waals surface area contributed by atoms with E-state index in [1.807, 2.05) is 20.0 Å². The van der Waals surface area contributed by atoms with Crippen LogP contribution in [0.2, 0.25) is 0 Å². The van der Waals surface area contributed by atoms with Crippen LogP contribution in [0.25, 0.3) is 0 Å². The molecule has 2 heterocycles. The summed E-state index contributed by atoms with van der Waals surface area (Å²) in [4.78, 5) is 21.8. The molecule has 0 bridgehead atoms. The smallest absolute Gasteiger partial charge is 0.263 e. The molecule has 23 heavy (non-hydrogen) atoms. The van der Waals surface area contributed by atoms with Crippen molar-refractivity contribution in [3.05, 3.63) is 33.3 Å². The second-order valence-electron chi connectivity index (χ2n) is 6.28. The predicted molar refractivity (Wildman–Crippen MR) is 92.1 cm³/mol. The zero-order valence-electron chi connectivity index (χ0n) is 14.1. The van der Waals surface area contributed by atoms with Gasteiger partial charge < -0.3 is 9.88 Å². The quantitative estimate of drug-likeness (QED) is 0.913. The monoisotopic (exact) mass is 332 g/mol. The lowest BCUT2D eigenvalue weighted by atomic mass is 10.2.